The maximum absolute atomic E-state index is 10.1. The molecule has 1 aliphatic heterocycles. The van der Waals surface area contributed by atoms with Gasteiger partial charge in [0.2, 0.25) is 0 Å². The number of aliphatic hydroxyl groups is 1. The molecule has 28 heavy (non-hydrogen) atoms. The van der Waals surface area contributed by atoms with Gasteiger partial charge in [-0.15, -0.1) is 24.8 Å². The van der Waals surface area contributed by atoms with Gasteiger partial charge in [-0.05, 0) is 56.0 Å². The maximum atomic E-state index is 10.1. The average molecular weight is 443 g/mol. The number of imidazole rings is 1. The van der Waals surface area contributed by atoms with E-state index < -0.39 is 0 Å². The summed E-state index contributed by atoms with van der Waals surface area (Å²) in [6.07, 6.45) is 5.68. The van der Waals surface area contributed by atoms with Crippen LogP contribution < -0.4 is 5.32 Å². The second-order valence-corrected chi connectivity index (χ2v) is 7.47. The number of piperidine rings is 1. The minimum absolute atomic E-state index is 0. The molecule has 0 spiro atoms. The van der Waals surface area contributed by atoms with E-state index in [9.17, 15) is 5.11 Å². The number of nitrogens with one attached hydrogen (secondary N) is 1. The second-order valence-electron chi connectivity index (χ2n) is 7.03. The van der Waals surface area contributed by atoms with E-state index in [1.54, 1.807) is 0 Å². The van der Waals surface area contributed by atoms with E-state index in [0.29, 0.717) is 0 Å². The number of para-hydroxylation sites is 1. The first-order valence-corrected chi connectivity index (χ1v) is 9.71. The fourth-order valence-electron chi connectivity index (χ4n) is 3.87. The Labute approximate surface area is 183 Å². The number of aromatic nitrogens is 2. The Morgan fingerprint density at radius 2 is 2.00 bits per heavy atom. The Balaban J connectivity index is 0.00000140. The fourth-order valence-corrected chi connectivity index (χ4v) is 4.06. The van der Waals surface area contributed by atoms with Crippen LogP contribution in [0.4, 0.5) is 0 Å². The molecular formula is C21H26Cl3N3O. The van der Waals surface area contributed by atoms with Crippen molar-refractivity contribution in [1.82, 2.24) is 14.9 Å². The lowest BCUT2D eigenvalue weighted by Gasteiger charge is -2.29. The Morgan fingerprint density at radius 1 is 1.18 bits per heavy atom. The molecule has 0 amide bonds. The summed E-state index contributed by atoms with van der Waals surface area (Å²) < 4.78 is 2.21. The van der Waals surface area contributed by atoms with Crippen LogP contribution in [0.2, 0.25) is 5.02 Å². The van der Waals surface area contributed by atoms with Gasteiger partial charge in [-0.2, -0.15) is 0 Å². The normalized spacial score (nSPS) is 19.1. The SMILES string of the molecule is Cl.Cl.O[C@H]1CCCN[C@@H]1CCCn1cnc2c(-c3cccc(Cl)c3)cccc21. The molecule has 152 valence electrons. The quantitative estimate of drug-likeness (QED) is 0.578. The molecule has 1 saturated heterocycles. The second kappa shape index (κ2) is 10.5. The Morgan fingerprint density at radius 3 is 2.79 bits per heavy atom. The molecule has 7 heteroatoms. The number of benzene rings is 2. The molecule has 2 atom stereocenters. The van der Waals surface area contributed by atoms with E-state index in [-0.39, 0.29) is 37.0 Å². The number of fused-ring (bicyclic) bond motifs is 1. The van der Waals surface area contributed by atoms with Crippen molar-refractivity contribution in [1.29, 1.82) is 0 Å². The summed E-state index contributed by atoms with van der Waals surface area (Å²) in [4.78, 5) is 4.66. The molecule has 4 rings (SSSR count). The van der Waals surface area contributed by atoms with E-state index >= 15 is 0 Å². The summed E-state index contributed by atoms with van der Waals surface area (Å²) >= 11 is 6.15. The van der Waals surface area contributed by atoms with Gasteiger partial charge >= 0.3 is 0 Å². The summed E-state index contributed by atoms with van der Waals surface area (Å²) in [5.41, 5.74) is 4.33. The predicted molar refractivity (Wildman–Crippen MR) is 121 cm³/mol. The minimum atomic E-state index is -0.210. The fraction of sp³-hybridized carbons (Fsp3) is 0.381. The van der Waals surface area contributed by atoms with Crippen LogP contribution in [0.25, 0.3) is 22.2 Å². The molecule has 2 N–H and O–H groups in total. The third kappa shape index (κ3) is 5.00. The van der Waals surface area contributed by atoms with Crippen LogP contribution in [0.15, 0.2) is 48.8 Å². The third-order valence-electron chi connectivity index (χ3n) is 5.25. The molecule has 2 heterocycles. The number of halogens is 3. The highest BCUT2D eigenvalue weighted by Crippen LogP contribution is 2.29. The van der Waals surface area contributed by atoms with Gasteiger partial charge in [0.1, 0.15) is 0 Å². The number of hydrogen-bond donors (Lipinski definition) is 2. The number of hydrogen-bond acceptors (Lipinski definition) is 3. The largest absolute Gasteiger partial charge is 0.392 e. The lowest BCUT2D eigenvalue weighted by molar-refractivity contribution is 0.0909. The number of aliphatic hydroxyl groups excluding tert-OH is 1. The van der Waals surface area contributed by atoms with Crippen molar-refractivity contribution in [2.45, 2.75) is 44.4 Å². The number of nitrogens with zero attached hydrogens (tertiary/aromatic N) is 2. The summed E-state index contributed by atoms with van der Waals surface area (Å²) in [7, 11) is 0. The first-order valence-electron chi connectivity index (χ1n) is 9.33. The van der Waals surface area contributed by atoms with Crippen molar-refractivity contribution < 1.29 is 5.11 Å². The highest BCUT2D eigenvalue weighted by Gasteiger charge is 2.21. The van der Waals surface area contributed by atoms with Crippen molar-refractivity contribution in [3.05, 3.63) is 53.8 Å². The molecule has 0 unspecified atom stereocenters. The van der Waals surface area contributed by atoms with Gasteiger partial charge < -0.3 is 15.0 Å². The van der Waals surface area contributed by atoms with E-state index in [0.717, 1.165) is 66.0 Å². The minimum Gasteiger partial charge on any atom is -0.392 e. The van der Waals surface area contributed by atoms with Crippen LogP contribution in [0.5, 0.6) is 0 Å². The summed E-state index contributed by atoms with van der Waals surface area (Å²) in [6, 6.07) is 14.4. The molecular weight excluding hydrogens is 417 g/mol. The molecule has 0 saturated carbocycles. The van der Waals surface area contributed by atoms with Gasteiger partial charge in [-0.3, -0.25) is 0 Å². The van der Waals surface area contributed by atoms with Crippen LogP contribution in [-0.2, 0) is 6.54 Å². The van der Waals surface area contributed by atoms with Crippen molar-refractivity contribution >= 4 is 47.4 Å². The topological polar surface area (TPSA) is 50.1 Å². The standard InChI is InChI=1S/C21H24ClN3O.2ClH/c22-16-6-1-5-15(13-16)17-7-2-9-19-21(17)24-14-25(19)12-4-8-18-20(26)10-3-11-23-18;;/h1-2,5-7,9,13-14,18,20,23,26H,3-4,8,10-12H2;2*1H/t18-,20+;;/m1../s1. The molecule has 1 fully saturated rings. The molecule has 0 aliphatic carbocycles. The van der Waals surface area contributed by atoms with Crippen molar-refractivity contribution in [3.8, 4) is 11.1 Å². The van der Waals surface area contributed by atoms with Gasteiger partial charge in [0.05, 0.1) is 23.5 Å². The van der Waals surface area contributed by atoms with Gasteiger partial charge in [-0.25, -0.2) is 4.98 Å². The summed E-state index contributed by atoms with van der Waals surface area (Å²) in [5, 5.41) is 14.3. The molecule has 0 bridgehead atoms. The summed E-state index contributed by atoms with van der Waals surface area (Å²) in [6.45, 7) is 1.92. The Kier molecular flexibility index (Phi) is 8.59. The molecule has 1 aromatic heterocycles. The van der Waals surface area contributed by atoms with Gasteiger partial charge in [-0.1, -0.05) is 35.9 Å². The van der Waals surface area contributed by atoms with Gasteiger partial charge in [0.15, 0.2) is 0 Å². The number of aryl methyl sites for hydroxylation is 1. The van der Waals surface area contributed by atoms with Crippen LogP contribution >= 0.6 is 36.4 Å². The monoisotopic (exact) mass is 441 g/mol. The smallest absolute Gasteiger partial charge is 0.0963 e. The highest BCUT2D eigenvalue weighted by molar-refractivity contribution is 6.30. The van der Waals surface area contributed by atoms with Crippen LogP contribution in [-0.4, -0.2) is 33.3 Å². The number of rotatable bonds is 5. The van der Waals surface area contributed by atoms with Gasteiger partial charge in [0.25, 0.3) is 0 Å². The highest BCUT2D eigenvalue weighted by atomic mass is 35.5. The molecule has 3 aromatic rings. The summed E-state index contributed by atoms with van der Waals surface area (Å²) in [5.74, 6) is 0. The Bertz CT molecular complexity index is 899. The molecule has 1 aliphatic rings. The van der Waals surface area contributed by atoms with Crippen LogP contribution in [0.1, 0.15) is 25.7 Å². The molecule has 0 radical (unpaired) electrons. The van der Waals surface area contributed by atoms with E-state index in [2.05, 4.69) is 39.1 Å². The van der Waals surface area contributed by atoms with Crippen molar-refractivity contribution in [3.63, 3.8) is 0 Å². The molecule has 2 aromatic carbocycles. The van der Waals surface area contributed by atoms with Crippen LogP contribution in [0, 0.1) is 0 Å². The van der Waals surface area contributed by atoms with Crippen molar-refractivity contribution in [2.75, 3.05) is 6.54 Å². The van der Waals surface area contributed by atoms with Crippen molar-refractivity contribution in [2.24, 2.45) is 0 Å². The van der Waals surface area contributed by atoms with E-state index in [1.165, 1.54) is 0 Å². The maximum Gasteiger partial charge on any atom is 0.0963 e. The van der Waals surface area contributed by atoms with Crippen LogP contribution in [0.3, 0.4) is 0 Å². The first-order chi connectivity index (χ1) is 12.7. The predicted octanol–water partition coefficient (Wildman–Crippen LogP) is 5.09. The van der Waals surface area contributed by atoms with E-state index in [4.69, 9.17) is 11.6 Å². The van der Waals surface area contributed by atoms with E-state index in [1.807, 2.05) is 24.5 Å². The average Bonchev–Trinajstić information content (AvgIpc) is 3.06. The third-order valence-corrected chi connectivity index (χ3v) is 5.48. The lowest BCUT2D eigenvalue weighted by atomic mass is 9.97. The Hall–Kier alpha value is -1.30. The zero-order valence-corrected chi connectivity index (χ0v) is 17.9. The molecule has 4 nitrogen and oxygen atoms in total. The zero-order valence-electron chi connectivity index (χ0n) is 15.6. The van der Waals surface area contributed by atoms with Gasteiger partial charge in [0, 0.05) is 23.2 Å². The zero-order chi connectivity index (χ0) is 17.9. The first kappa shape index (κ1) is 23.0. The lowest BCUT2D eigenvalue weighted by Crippen LogP contribution is -2.44.